The minimum absolute atomic E-state index is 0.0920. The second-order valence-electron chi connectivity index (χ2n) is 11.1. The Labute approximate surface area is 239 Å². The van der Waals surface area contributed by atoms with Gasteiger partial charge in [0.1, 0.15) is 12.6 Å². The third kappa shape index (κ3) is 7.94. The molecule has 0 aromatic heterocycles. The summed E-state index contributed by atoms with van der Waals surface area (Å²) in [5, 5.41) is 2.99. The van der Waals surface area contributed by atoms with Gasteiger partial charge in [0.2, 0.25) is 11.8 Å². The second kappa shape index (κ2) is 13.1. The Kier molecular flexibility index (Phi) is 10.1. The number of aryl methyl sites for hydroxylation is 2. The van der Waals surface area contributed by atoms with E-state index >= 15 is 0 Å². The minimum atomic E-state index is -4.08. The van der Waals surface area contributed by atoms with Crippen LogP contribution in [0.3, 0.4) is 0 Å². The standard InChI is InChI=1S/C32H41N3O4S/c1-7-29(31(37)33-32(4,5)6)34(21-20-26-14-10-8-11-15-26)30(36)23-35(27-19-18-24(2)25(3)22-27)40(38,39)28-16-12-9-13-17-28/h8-19,22,29H,7,20-21,23H2,1-6H3,(H,33,37). The summed E-state index contributed by atoms with van der Waals surface area (Å²) >= 11 is 0. The normalized spacial score (nSPS) is 12.4. The largest absolute Gasteiger partial charge is 0.350 e. The van der Waals surface area contributed by atoms with Crippen molar-refractivity contribution in [2.24, 2.45) is 0 Å². The van der Waals surface area contributed by atoms with Crippen LogP contribution in [0.1, 0.15) is 50.8 Å². The predicted octanol–water partition coefficient (Wildman–Crippen LogP) is 5.26. The second-order valence-corrected chi connectivity index (χ2v) is 12.9. The molecule has 0 aliphatic rings. The fraction of sp³-hybridized carbons (Fsp3) is 0.375. The van der Waals surface area contributed by atoms with Crippen molar-refractivity contribution in [1.29, 1.82) is 0 Å². The first-order valence-electron chi connectivity index (χ1n) is 13.6. The maximum Gasteiger partial charge on any atom is 0.264 e. The van der Waals surface area contributed by atoms with Crippen molar-refractivity contribution in [3.8, 4) is 0 Å². The lowest BCUT2D eigenvalue weighted by Crippen LogP contribution is -2.56. The molecule has 1 unspecified atom stereocenters. The molecule has 214 valence electrons. The number of nitrogens with one attached hydrogen (secondary N) is 1. The van der Waals surface area contributed by atoms with E-state index in [1.54, 1.807) is 30.3 Å². The van der Waals surface area contributed by atoms with Gasteiger partial charge in [-0.15, -0.1) is 0 Å². The van der Waals surface area contributed by atoms with E-state index in [1.807, 2.05) is 77.9 Å². The first kappa shape index (κ1) is 30.9. The third-order valence-corrected chi connectivity index (χ3v) is 8.54. The molecule has 0 saturated heterocycles. The quantitative estimate of drug-likeness (QED) is 0.345. The predicted molar refractivity (Wildman–Crippen MR) is 161 cm³/mol. The first-order chi connectivity index (χ1) is 18.8. The molecule has 40 heavy (non-hydrogen) atoms. The summed E-state index contributed by atoms with van der Waals surface area (Å²) < 4.78 is 29.0. The highest BCUT2D eigenvalue weighted by Crippen LogP contribution is 2.26. The number of amides is 2. The number of hydrogen-bond donors (Lipinski definition) is 1. The number of carbonyl (C=O) groups is 2. The maximum absolute atomic E-state index is 14.1. The van der Waals surface area contributed by atoms with Crippen LogP contribution in [0.2, 0.25) is 0 Å². The van der Waals surface area contributed by atoms with E-state index in [0.717, 1.165) is 21.0 Å². The molecular formula is C32H41N3O4S. The smallest absolute Gasteiger partial charge is 0.264 e. The van der Waals surface area contributed by atoms with Gasteiger partial charge in [-0.25, -0.2) is 8.42 Å². The molecule has 0 bridgehead atoms. The number of rotatable bonds is 11. The zero-order valence-corrected chi connectivity index (χ0v) is 25.2. The lowest BCUT2D eigenvalue weighted by molar-refractivity contribution is -0.140. The SMILES string of the molecule is CCC(C(=O)NC(C)(C)C)N(CCc1ccccc1)C(=O)CN(c1ccc(C)c(C)c1)S(=O)(=O)c1ccccc1. The molecule has 3 aromatic carbocycles. The fourth-order valence-corrected chi connectivity index (χ4v) is 5.91. The van der Waals surface area contributed by atoms with Crippen molar-refractivity contribution < 1.29 is 18.0 Å². The fourth-order valence-electron chi connectivity index (χ4n) is 4.48. The van der Waals surface area contributed by atoms with Crippen LogP contribution in [0.25, 0.3) is 0 Å². The van der Waals surface area contributed by atoms with Gasteiger partial charge in [-0.2, -0.15) is 0 Å². The van der Waals surface area contributed by atoms with E-state index in [9.17, 15) is 18.0 Å². The lowest BCUT2D eigenvalue weighted by atomic mass is 10.1. The zero-order valence-electron chi connectivity index (χ0n) is 24.3. The van der Waals surface area contributed by atoms with Crippen molar-refractivity contribution >= 4 is 27.5 Å². The molecular weight excluding hydrogens is 522 g/mol. The van der Waals surface area contributed by atoms with E-state index in [2.05, 4.69) is 5.32 Å². The average molecular weight is 564 g/mol. The summed E-state index contributed by atoms with van der Waals surface area (Å²) in [7, 11) is -4.08. The number of sulfonamides is 1. The number of hydrogen-bond acceptors (Lipinski definition) is 4. The lowest BCUT2D eigenvalue weighted by Gasteiger charge is -2.35. The van der Waals surface area contributed by atoms with Crippen LogP contribution in [-0.2, 0) is 26.0 Å². The van der Waals surface area contributed by atoms with Crippen LogP contribution < -0.4 is 9.62 Å². The van der Waals surface area contributed by atoms with Crippen LogP contribution >= 0.6 is 0 Å². The van der Waals surface area contributed by atoms with Gasteiger partial charge in [0.25, 0.3) is 10.0 Å². The topological polar surface area (TPSA) is 86.8 Å². The highest BCUT2D eigenvalue weighted by atomic mass is 32.2. The Hall–Kier alpha value is -3.65. The van der Waals surface area contributed by atoms with Gasteiger partial charge in [0.05, 0.1) is 10.6 Å². The Bertz CT molecular complexity index is 1400. The summed E-state index contributed by atoms with van der Waals surface area (Å²) in [6.07, 6.45) is 0.915. The Morgan fingerprint density at radius 2 is 1.48 bits per heavy atom. The van der Waals surface area contributed by atoms with E-state index in [4.69, 9.17) is 0 Å². The Balaban J connectivity index is 2.03. The van der Waals surface area contributed by atoms with Crippen LogP contribution in [0, 0.1) is 13.8 Å². The van der Waals surface area contributed by atoms with E-state index in [0.29, 0.717) is 18.5 Å². The molecule has 3 rings (SSSR count). The molecule has 0 saturated carbocycles. The zero-order chi connectivity index (χ0) is 29.5. The summed E-state index contributed by atoms with van der Waals surface area (Å²) in [6.45, 7) is 11.2. The molecule has 1 N–H and O–H groups in total. The van der Waals surface area contributed by atoms with Crippen molar-refractivity contribution in [2.75, 3.05) is 17.4 Å². The van der Waals surface area contributed by atoms with Gasteiger partial charge in [0.15, 0.2) is 0 Å². The first-order valence-corrected chi connectivity index (χ1v) is 15.1. The molecule has 0 aliphatic carbocycles. The van der Waals surface area contributed by atoms with Gasteiger partial charge in [-0.1, -0.05) is 61.5 Å². The maximum atomic E-state index is 14.1. The monoisotopic (exact) mass is 563 g/mol. The molecule has 3 aromatic rings. The van der Waals surface area contributed by atoms with Crippen molar-refractivity contribution in [3.63, 3.8) is 0 Å². The highest BCUT2D eigenvalue weighted by Gasteiger charge is 2.34. The Morgan fingerprint density at radius 3 is 2.02 bits per heavy atom. The summed E-state index contributed by atoms with van der Waals surface area (Å²) in [4.78, 5) is 29.1. The minimum Gasteiger partial charge on any atom is -0.350 e. The molecule has 0 aliphatic heterocycles. The van der Waals surface area contributed by atoms with E-state index < -0.39 is 34.1 Å². The molecule has 7 nitrogen and oxygen atoms in total. The number of benzene rings is 3. The van der Waals surface area contributed by atoms with Crippen molar-refractivity contribution in [2.45, 2.75) is 70.9 Å². The van der Waals surface area contributed by atoms with Gasteiger partial charge in [-0.3, -0.25) is 13.9 Å². The number of anilines is 1. The average Bonchev–Trinajstić information content (AvgIpc) is 2.91. The summed E-state index contributed by atoms with van der Waals surface area (Å²) in [5.41, 5.74) is 2.86. The molecule has 0 heterocycles. The summed E-state index contributed by atoms with van der Waals surface area (Å²) in [6, 6.07) is 22.4. The molecule has 1 atom stereocenters. The van der Waals surface area contributed by atoms with E-state index in [1.165, 1.54) is 17.0 Å². The molecule has 8 heteroatoms. The molecule has 0 spiro atoms. The van der Waals surface area contributed by atoms with Gasteiger partial charge < -0.3 is 10.2 Å². The van der Waals surface area contributed by atoms with Crippen LogP contribution in [0.4, 0.5) is 5.69 Å². The number of carbonyl (C=O) groups excluding carboxylic acids is 2. The molecule has 2 amide bonds. The molecule has 0 fully saturated rings. The molecule has 0 radical (unpaired) electrons. The van der Waals surface area contributed by atoms with Crippen LogP contribution in [-0.4, -0.2) is 49.8 Å². The third-order valence-electron chi connectivity index (χ3n) is 6.76. The highest BCUT2D eigenvalue weighted by molar-refractivity contribution is 7.92. The van der Waals surface area contributed by atoms with Crippen molar-refractivity contribution in [1.82, 2.24) is 10.2 Å². The van der Waals surface area contributed by atoms with Crippen LogP contribution in [0.5, 0.6) is 0 Å². The van der Waals surface area contributed by atoms with Gasteiger partial charge in [-0.05, 0) is 88.4 Å². The summed E-state index contributed by atoms with van der Waals surface area (Å²) in [5.74, 6) is -0.704. The van der Waals surface area contributed by atoms with Crippen LogP contribution in [0.15, 0.2) is 83.8 Å². The Morgan fingerprint density at radius 1 is 0.875 bits per heavy atom. The van der Waals surface area contributed by atoms with E-state index in [-0.39, 0.29) is 17.3 Å². The van der Waals surface area contributed by atoms with Gasteiger partial charge >= 0.3 is 0 Å². The van der Waals surface area contributed by atoms with Crippen molar-refractivity contribution in [3.05, 3.63) is 95.6 Å². The van der Waals surface area contributed by atoms with Gasteiger partial charge in [0, 0.05) is 12.1 Å². The number of nitrogens with zero attached hydrogens (tertiary/aromatic N) is 2.